The van der Waals surface area contributed by atoms with Crippen LogP contribution in [-0.2, 0) is 9.59 Å². The van der Waals surface area contributed by atoms with Crippen molar-refractivity contribution in [1.29, 1.82) is 0 Å². The van der Waals surface area contributed by atoms with E-state index in [0.717, 1.165) is 78.0 Å². The van der Waals surface area contributed by atoms with E-state index in [1.165, 1.54) is 258 Å². The number of rotatable bonds is 52. The van der Waals surface area contributed by atoms with Crippen LogP contribution in [0.3, 0.4) is 0 Å². The van der Waals surface area contributed by atoms with Gasteiger partial charge < -0.3 is 30.2 Å². The zero-order chi connectivity index (χ0) is 47.6. The van der Waals surface area contributed by atoms with Crippen LogP contribution in [0, 0.1) is 0 Å². The number of piperazine rings is 1. The minimum atomic E-state index is 0.418. The Morgan fingerprint density at radius 1 is 0.318 bits per heavy atom. The van der Waals surface area contributed by atoms with E-state index >= 15 is 0 Å². The highest BCUT2D eigenvalue weighted by Crippen LogP contribution is 2.15. The van der Waals surface area contributed by atoms with Gasteiger partial charge in [0, 0.05) is 65.2 Å². The molecule has 0 spiro atoms. The Morgan fingerprint density at radius 3 is 0.864 bits per heavy atom. The summed E-state index contributed by atoms with van der Waals surface area (Å²) in [6.45, 7) is 24.9. The first-order valence-corrected chi connectivity index (χ1v) is 30.0. The number of hydrogen-bond acceptors (Lipinski definition) is 6. The smallest absolute Gasteiger partial charge is 0.222 e. The summed E-state index contributed by atoms with van der Waals surface area (Å²) in [4.78, 5) is 36.1. The molecule has 8 nitrogen and oxygen atoms in total. The van der Waals surface area contributed by atoms with Gasteiger partial charge in [-0.05, 0) is 103 Å². The van der Waals surface area contributed by atoms with Gasteiger partial charge in [-0.3, -0.25) is 9.59 Å². The van der Waals surface area contributed by atoms with Gasteiger partial charge in [0.15, 0.2) is 0 Å². The number of nitrogens with one attached hydrogen (secondary N) is 2. The van der Waals surface area contributed by atoms with E-state index in [-0.39, 0.29) is 0 Å². The molecule has 0 radical (unpaired) electrons. The summed E-state index contributed by atoms with van der Waals surface area (Å²) < 4.78 is 0. The van der Waals surface area contributed by atoms with Crippen LogP contribution >= 0.6 is 0 Å². The molecule has 0 aromatic heterocycles. The van der Waals surface area contributed by atoms with Gasteiger partial charge in [0.05, 0.1) is 0 Å². The van der Waals surface area contributed by atoms with Crippen LogP contribution in [0.2, 0.25) is 0 Å². The van der Waals surface area contributed by atoms with Crippen molar-refractivity contribution in [3.63, 3.8) is 0 Å². The normalized spacial score (nSPS) is 13.5. The summed E-state index contributed by atoms with van der Waals surface area (Å²) in [6.07, 6.45) is 47.2. The molecular formula is C58H118N6O2. The highest BCUT2D eigenvalue weighted by molar-refractivity contribution is 5.76. The van der Waals surface area contributed by atoms with Crippen LogP contribution in [0.5, 0.6) is 0 Å². The van der Waals surface area contributed by atoms with Gasteiger partial charge in [0.1, 0.15) is 0 Å². The second kappa shape index (κ2) is 50.2. The van der Waals surface area contributed by atoms with Crippen LogP contribution in [0.1, 0.15) is 272 Å². The Morgan fingerprint density at radius 2 is 0.561 bits per heavy atom. The molecule has 1 aliphatic heterocycles. The molecule has 1 rings (SSSR count). The Balaban J connectivity index is 2.00. The predicted molar refractivity (Wildman–Crippen MR) is 290 cm³/mol. The molecule has 66 heavy (non-hydrogen) atoms. The molecule has 392 valence electrons. The number of hydrogen-bond donors (Lipinski definition) is 2. The molecular weight excluding hydrogens is 813 g/mol. The fourth-order valence-corrected chi connectivity index (χ4v) is 9.83. The van der Waals surface area contributed by atoms with Gasteiger partial charge in [-0.1, -0.05) is 195 Å². The number of nitrogens with zero attached hydrogens (tertiary/aromatic N) is 4. The summed E-state index contributed by atoms with van der Waals surface area (Å²) in [7, 11) is 0. The molecule has 0 aromatic carbocycles. The summed E-state index contributed by atoms with van der Waals surface area (Å²) in [5.41, 5.74) is 0. The standard InChI is InChI=1S/C58H118N6O2/c1-5-9-13-17-27-35-49-63(50-36-28-18-14-10-6-2)57(65)41-31-23-21-25-33-43-59-45-39-47-61-53-55-62(56-54-61)48-40-46-60-44-34-26-22-24-32-42-58(66)64(51-37-29-19-15-11-7-3)52-38-30-20-16-12-8-4/h59-60H,5-56H2,1-4H3. The highest BCUT2D eigenvalue weighted by atomic mass is 16.2. The van der Waals surface area contributed by atoms with E-state index in [2.05, 4.69) is 57.9 Å². The molecule has 0 aliphatic carbocycles. The monoisotopic (exact) mass is 931 g/mol. The molecule has 1 heterocycles. The van der Waals surface area contributed by atoms with Crippen molar-refractivity contribution in [1.82, 2.24) is 30.2 Å². The third kappa shape index (κ3) is 40.6. The van der Waals surface area contributed by atoms with E-state index in [9.17, 15) is 9.59 Å². The molecule has 1 fully saturated rings. The average molecular weight is 932 g/mol. The third-order valence-corrected chi connectivity index (χ3v) is 14.4. The van der Waals surface area contributed by atoms with Gasteiger partial charge in [-0.15, -0.1) is 0 Å². The fourth-order valence-electron chi connectivity index (χ4n) is 9.83. The van der Waals surface area contributed by atoms with Gasteiger partial charge in [-0.2, -0.15) is 0 Å². The highest BCUT2D eigenvalue weighted by Gasteiger charge is 2.17. The first kappa shape index (κ1) is 62.8. The van der Waals surface area contributed by atoms with Gasteiger partial charge in [-0.25, -0.2) is 0 Å². The molecule has 0 bridgehead atoms. The maximum absolute atomic E-state index is 13.1. The van der Waals surface area contributed by atoms with E-state index < -0.39 is 0 Å². The maximum Gasteiger partial charge on any atom is 0.222 e. The Labute approximate surface area is 413 Å². The second-order valence-corrected chi connectivity index (χ2v) is 20.8. The number of carbonyl (C=O) groups excluding carboxylic acids is 2. The molecule has 1 saturated heterocycles. The van der Waals surface area contributed by atoms with E-state index in [4.69, 9.17) is 0 Å². The third-order valence-electron chi connectivity index (χ3n) is 14.4. The van der Waals surface area contributed by atoms with Gasteiger partial charge in [0.2, 0.25) is 11.8 Å². The Bertz CT molecular complexity index is 896. The van der Waals surface area contributed by atoms with Crippen molar-refractivity contribution in [2.75, 3.05) is 91.6 Å². The van der Waals surface area contributed by atoms with Crippen molar-refractivity contribution >= 4 is 11.8 Å². The van der Waals surface area contributed by atoms with Crippen molar-refractivity contribution in [3.05, 3.63) is 0 Å². The molecule has 0 aromatic rings. The van der Waals surface area contributed by atoms with Crippen molar-refractivity contribution < 1.29 is 9.59 Å². The topological polar surface area (TPSA) is 71.2 Å². The lowest BCUT2D eigenvalue weighted by Crippen LogP contribution is -2.47. The van der Waals surface area contributed by atoms with Crippen LogP contribution in [0.4, 0.5) is 0 Å². The lowest BCUT2D eigenvalue weighted by atomic mass is 10.1. The van der Waals surface area contributed by atoms with Crippen molar-refractivity contribution in [2.45, 2.75) is 272 Å². The minimum absolute atomic E-state index is 0.418. The first-order chi connectivity index (χ1) is 32.5. The average Bonchev–Trinajstić information content (AvgIpc) is 3.33. The van der Waals surface area contributed by atoms with Crippen LogP contribution < -0.4 is 10.6 Å². The first-order valence-electron chi connectivity index (χ1n) is 30.0. The predicted octanol–water partition coefficient (Wildman–Crippen LogP) is 14.3. The summed E-state index contributed by atoms with van der Waals surface area (Å²) in [5, 5.41) is 7.40. The largest absolute Gasteiger partial charge is 0.343 e. The molecule has 1 aliphatic rings. The van der Waals surface area contributed by atoms with E-state index in [1.54, 1.807) is 0 Å². The number of amides is 2. The fraction of sp³-hybridized carbons (Fsp3) is 0.966. The van der Waals surface area contributed by atoms with Crippen molar-refractivity contribution in [2.24, 2.45) is 0 Å². The van der Waals surface area contributed by atoms with E-state index in [0.29, 0.717) is 11.8 Å². The zero-order valence-electron chi connectivity index (χ0n) is 45.4. The van der Waals surface area contributed by atoms with Crippen molar-refractivity contribution in [3.8, 4) is 0 Å². The summed E-state index contributed by atoms with van der Waals surface area (Å²) in [6, 6.07) is 0. The number of unbranched alkanes of at least 4 members (excludes halogenated alkanes) is 28. The van der Waals surface area contributed by atoms with Crippen LogP contribution in [-0.4, -0.2) is 123 Å². The molecule has 0 unspecified atom stereocenters. The Kier molecular flexibility index (Phi) is 47.7. The molecule has 8 heteroatoms. The minimum Gasteiger partial charge on any atom is -0.343 e. The lowest BCUT2D eigenvalue weighted by Gasteiger charge is -2.34. The van der Waals surface area contributed by atoms with Gasteiger partial charge >= 0.3 is 0 Å². The molecule has 0 saturated carbocycles. The van der Waals surface area contributed by atoms with Crippen LogP contribution in [0.15, 0.2) is 0 Å². The quantitative estimate of drug-likeness (QED) is 0.0592. The Hall–Kier alpha value is -1.22. The number of carbonyl (C=O) groups is 2. The van der Waals surface area contributed by atoms with Gasteiger partial charge in [0.25, 0.3) is 0 Å². The maximum atomic E-state index is 13.1. The molecule has 2 amide bonds. The zero-order valence-corrected chi connectivity index (χ0v) is 45.4. The SMILES string of the molecule is CCCCCCCCN(CCCCCCCC)C(=O)CCCCCCCNCCCN1CCN(CCCNCCCCCCCC(=O)N(CCCCCCCC)CCCCCCCC)CC1. The molecule has 0 atom stereocenters. The lowest BCUT2D eigenvalue weighted by molar-refractivity contribution is -0.132. The summed E-state index contributed by atoms with van der Waals surface area (Å²) >= 11 is 0. The second-order valence-electron chi connectivity index (χ2n) is 20.8. The van der Waals surface area contributed by atoms with Crippen LogP contribution in [0.25, 0.3) is 0 Å². The summed E-state index contributed by atoms with van der Waals surface area (Å²) in [5.74, 6) is 0.836. The molecule has 2 N–H and O–H groups in total. The van der Waals surface area contributed by atoms with E-state index in [1.807, 2.05) is 0 Å².